The highest BCUT2D eigenvalue weighted by Gasteiger charge is 2.42. The molecule has 2 nitrogen and oxygen atoms in total. The summed E-state index contributed by atoms with van der Waals surface area (Å²) in [4.78, 5) is 0. The number of ether oxygens (including phenoxy) is 1. The molecule has 2 rings (SSSR count). The number of benzene rings is 1. The molecule has 0 aromatic heterocycles. The highest BCUT2D eigenvalue weighted by molar-refractivity contribution is 9.10. The molecule has 1 aromatic carbocycles. The summed E-state index contributed by atoms with van der Waals surface area (Å²) < 4.78 is 6.61. The average Bonchev–Trinajstić information content (AvgIpc) is 3.09. The average molecular weight is 326 g/mol. The van der Waals surface area contributed by atoms with Crippen LogP contribution in [0.1, 0.15) is 32.3 Å². The molecule has 3 heteroatoms. The van der Waals surface area contributed by atoms with E-state index in [-0.39, 0.29) is 0 Å². The number of rotatable bonds is 7. The fourth-order valence-electron chi connectivity index (χ4n) is 2.51. The molecule has 1 saturated carbocycles. The molecule has 0 heterocycles. The second kappa shape index (κ2) is 6.27. The first kappa shape index (κ1) is 14.9. The molecule has 106 valence electrons. The van der Waals surface area contributed by atoms with Crippen LogP contribution in [-0.4, -0.2) is 20.2 Å². The topological polar surface area (TPSA) is 21.3 Å². The highest BCUT2D eigenvalue weighted by Crippen LogP contribution is 2.49. The van der Waals surface area contributed by atoms with Gasteiger partial charge in [-0.3, -0.25) is 0 Å². The van der Waals surface area contributed by atoms with Crippen molar-refractivity contribution in [3.63, 3.8) is 0 Å². The van der Waals surface area contributed by atoms with E-state index in [0.29, 0.717) is 5.41 Å². The fraction of sp³-hybridized carbons (Fsp3) is 0.625. The third kappa shape index (κ3) is 4.22. The van der Waals surface area contributed by atoms with Crippen molar-refractivity contribution in [1.82, 2.24) is 5.32 Å². The van der Waals surface area contributed by atoms with Crippen molar-refractivity contribution in [3.8, 4) is 5.75 Å². The SMILES string of the molecule is COc1ccc(Br)cc1CC1(CNCC(C)C)CC1. The van der Waals surface area contributed by atoms with Gasteiger partial charge in [-0.25, -0.2) is 0 Å². The van der Waals surface area contributed by atoms with Crippen molar-refractivity contribution in [3.05, 3.63) is 28.2 Å². The smallest absolute Gasteiger partial charge is 0.122 e. The molecule has 0 spiro atoms. The first-order valence-corrected chi connectivity index (χ1v) is 7.87. The van der Waals surface area contributed by atoms with Crippen molar-refractivity contribution >= 4 is 15.9 Å². The van der Waals surface area contributed by atoms with Crippen molar-refractivity contribution < 1.29 is 4.74 Å². The summed E-state index contributed by atoms with van der Waals surface area (Å²) in [5.41, 5.74) is 1.78. The van der Waals surface area contributed by atoms with E-state index in [1.54, 1.807) is 7.11 Å². The largest absolute Gasteiger partial charge is 0.496 e. The van der Waals surface area contributed by atoms with Gasteiger partial charge in [0.15, 0.2) is 0 Å². The molecule has 19 heavy (non-hydrogen) atoms. The molecule has 1 aromatic rings. The van der Waals surface area contributed by atoms with Gasteiger partial charge in [-0.15, -0.1) is 0 Å². The maximum absolute atomic E-state index is 5.48. The van der Waals surface area contributed by atoms with Crippen molar-refractivity contribution in [2.24, 2.45) is 11.3 Å². The third-order valence-corrected chi connectivity index (χ3v) is 4.31. The highest BCUT2D eigenvalue weighted by atomic mass is 79.9. The minimum Gasteiger partial charge on any atom is -0.496 e. The monoisotopic (exact) mass is 325 g/mol. The van der Waals surface area contributed by atoms with Crippen LogP contribution in [0.2, 0.25) is 0 Å². The zero-order valence-electron chi connectivity index (χ0n) is 12.1. The third-order valence-electron chi connectivity index (χ3n) is 3.82. The molecule has 1 fully saturated rings. The van der Waals surface area contributed by atoms with Gasteiger partial charge in [0.05, 0.1) is 7.11 Å². The summed E-state index contributed by atoms with van der Waals surface area (Å²) in [6.45, 7) is 6.74. The van der Waals surface area contributed by atoms with Crippen molar-refractivity contribution in [2.75, 3.05) is 20.2 Å². The lowest BCUT2D eigenvalue weighted by Crippen LogP contribution is -2.28. The van der Waals surface area contributed by atoms with E-state index >= 15 is 0 Å². The lowest BCUT2D eigenvalue weighted by molar-refractivity contribution is 0.393. The van der Waals surface area contributed by atoms with E-state index in [9.17, 15) is 0 Å². The van der Waals surface area contributed by atoms with Gasteiger partial charge >= 0.3 is 0 Å². The summed E-state index contributed by atoms with van der Waals surface area (Å²) in [6.07, 6.45) is 3.77. The predicted molar refractivity (Wildman–Crippen MR) is 83.8 cm³/mol. The van der Waals surface area contributed by atoms with Gasteiger partial charge in [0, 0.05) is 11.0 Å². The zero-order valence-corrected chi connectivity index (χ0v) is 13.7. The van der Waals surface area contributed by atoms with Gasteiger partial charge in [0.1, 0.15) is 5.75 Å². The summed E-state index contributed by atoms with van der Waals surface area (Å²) in [7, 11) is 1.75. The van der Waals surface area contributed by atoms with E-state index in [0.717, 1.165) is 35.7 Å². The molecule has 0 amide bonds. The number of halogens is 1. The normalized spacial score (nSPS) is 16.7. The van der Waals surface area contributed by atoms with Crippen LogP contribution in [0.15, 0.2) is 22.7 Å². The van der Waals surface area contributed by atoms with Crippen LogP contribution in [0.3, 0.4) is 0 Å². The second-order valence-electron chi connectivity index (χ2n) is 6.16. The molecule has 0 saturated heterocycles. The summed E-state index contributed by atoms with van der Waals surface area (Å²) in [6, 6.07) is 6.29. The Balaban J connectivity index is 1.98. The van der Waals surface area contributed by atoms with E-state index < -0.39 is 0 Å². The second-order valence-corrected chi connectivity index (χ2v) is 7.07. The van der Waals surface area contributed by atoms with Crippen LogP contribution in [0.4, 0.5) is 0 Å². The first-order valence-electron chi connectivity index (χ1n) is 7.08. The van der Waals surface area contributed by atoms with Crippen LogP contribution in [-0.2, 0) is 6.42 Å². The minimum absolute atomic E-state index is 0.461. The fourth-order valence-corrected chi connectivity index (χ4v) is 2.92. The number of hydrogen-bond donors (Lipinski definition) is 1. The molecule has 0 radical (unpaired) electrons. The maximum atomic E-state index is 5.48. The number of nitrogens with one attached hydrogen (secondary N) is 1. The van der Waals surface area contributed by atoms with Crippen LogP contribution in [0.25, 0.3) is 0 Å². The maximum Gasteiger partial charge on any atom is 0.122 e. The van der Waals surface area contributed by atoms with Gasteiger partial charge in [-0.1, -0.05) is 29.8 Å². The standard InChI is InChI=1S/C16H24BrNO/c1-12(2)10-18-11-16(6-7-16)9-13-8-14(17)4-5-15(13)19-3/h4-5,8,12,18H,6-7,9-11H2,1-3H3. The number of methoxy groups -OCH3 is 1. The van der Waals surface area contributed by atoms with Gasteiger partial charge < -0.3 is 10.1 Å². The Morgan fingerprint density at radius 2 is 2.11 bits per heavy atom. The molecule has 1 N–H and O–H groups in total. The molecule has 0 atom stereocenters. The van der Waals surface area contributed by atoms with E-state index in [1.807, 2.05) is 6.07 Å². The molecular weight excluding hydrogens is 302 g/mol. The van der Waals surface area contributed by atoms with Gasteiger partial charge in [-0.2, -0.15) is 0 Å². The molecule has 0 aliphatic heterocycles. The van der Waals surface area contributed by atoms with Gasteiger partial charge in [-0.05, 0) is 60.9 Å². The Morgan fingerprint density at radius 1 is 1.37 bits per heavy atom. The molecule has 0 bridgehead atoms. The molecular formula is C16H24BrNO. The van der Waals surface area contributed by atoms with Gasteiger partial charge in [0.25, 0.3) is 0 Å². The summed E-state index contributed by atoms with van der Waals surface area (Å²) >= 11 is 3.55. The Kier molecular flexibility index (Phi) is 4.91. The molecule has 1 aliphatic carbocycles. The Morgan fingerprint density at radius 3 is 2.68 bits per heavy atom. The number of hydrogen-bond acceptors (Lipinski definition) is 2. The van der Waals surface area contributed by atoms with E-state index in [2.05, 4.69) is 47.2 Å². The van der Waals surface area contributed by atoms with Gasteiger partial charge in [0.2, 0.25) is 0 Å². The minimum atomic E-state index is 0.461. The van der Waals surface area contributed by atoms with Crippen molar-refractivity contribution in [1.29, 1.82) is 0 Å². The van der Waals surface area contributed by atoms with Crippen LogP contribution in [0.5, 0.6) is 5.75 Å². The first-order chi connectivity index (χ1) is 9.04. The lowest BCUT2D eigenvalue weighted by atomic mass is 9.95. The lowest BCUT2D eigenvalue weighted by Gasteiger charge is -2.19. The predicted octanol–water partition coefficient (Wildman–Crippen LogP) is 4.03. The van der Waals surface area contributed by atoms with Crippen LogP contribution >= 0.6 is 15.9 Å². The van der Waals surface area contributed by atoms with Crippen molar-refractivity contribution in [2.45, 2.75) is 33.1 Å². The summed E-state index contributed by atoms with van der Waals surface area (Å²) in [5, 5.41) is 3.61. The molecule has 0 unspecified atom stereocenters. The Labute approximate surface area is 125 Å². The molecule has 1 aliphatic rings. The Hall–Kier alpha value is -0.540. The van der Waals surface area contributed by atoms with E-state index in [4.69, 9.17) is 4.74 Å². The van der Waals surface area contributed by atoms with E-state index in [1.165, 1.54) is 18.4 Å². The zero-order chi connectivity index (χ0) is 13.9. The van der Waals surface area contributed by atoms with Crippen LogP contribution in [0, 0.1) is 11.3 Å². The quantitative estimate of drug-likeness (QED) is 0.817. The summed E-state index contributed by atoms with van der Waals surface area (Å²) in [5.74, 6) is 1.73. The van der Waals surface area contributed by atoms with Crippen LogP contribution < -0.4 is 10.1 Å². The Bertz CT molecular complexity index is 427.